The van der Waals surface area contributed by atoms with Gasteiger partial charge in [-0.05, 0) is 26.3 Å². The standard InChI is InChI=1S/C12H24N2O/c1-3-7-13-8-10-14-9-5-6-12(11-14)15-4-2/h3,12-13H,1,4-11H2,2H3. The first-order valence-electron chi connectivity index (χ1n) is 6.02. The van der Waals surface area contributed by atoms with Crippen molar-refractivity contribution in [3.8, 4) is 0 Å². The normalized spacial score (nSPS) is 22.9. The third-order valence-electron chi connectivity index (χ3n) is 2.76. The van der Waals surface area contributed by atoms with Crippen molar-refractivity contribution in [3.05, 3.63) is 12.7 Å². The third kappa shape index (κ3) is 5.30. The summed E-state index contributed by atoms with van der Waals surface area (Å²) in [5, 5.41) is 3.33. The molecule has 1 rings (SSSR count). The van der Waals surface area contributed by atoms with E-state index in [0.717, 1.165) is 32.8 Å². The van der Waals surface area contributed by atoms with Crippen LogP contribution in [0.2, 0.25) is 0 Å². The number of nitrogens with zero attached hydrogens (tertiary/aromatic N) is 1. The zero-order chi connectivity index (χ0) is 10.9. The van der Waals surface area contributed by atoms with Gasteiger partial charge < -0.3 is 10.1 Å². The van der Waals surface area contributed by atoms with Crippen LogP contribution in [0.25, 0.3) is 0 Å². The minimum absolute atomic E-state index is 0.461. The number of nitrogens with one attached hydrogen (secondary N) is 1. The van der Waals surface area contributed by atoms with Gasteiger partial charge in [-0.15, -0.1) is 6.58 Å². The van der Waals surface area contributed by atoms with Gasteiger partial charge in [0.25, 0.3) is 0 Å². The van der Waals surface area contributed by atoms with Crippen molar-refractivity contribution < 1.29 is 4.74 Å². The van der Waals surface area contributed by atoms with E-state index in [1.165, 1.54) is 19.4 Å². The van der Waals surface area contributed by atoms with Crippen molar-refractivity contribution in [2.24, 2.45) is 0 Å². The van der Waals surface area contributed by atoms with Gasteiger partial charge >= 0.3 is 0 Å². The van der Waals surface area contributed by atoms with Crippen LogP contribution in [-0.4, -0.2) is 50.3 Å². The summed E-state index contributed by atoms with van der Waals surface area (Å²) in [6.45, 7) is 12.0. The summed E-state index contributed by atoms with van der Waals surface area (Å²) < 4.78 is 5.66. The van der Waals surface area contributed by atoms with Crippen LogP contribution < -0.4 is 5.32 Å². The maximum Gasteiger partial charge on any atom is 0.0702 e. The molecule has 3 nitrogen and oxygen atoms in total. The Hall–Kier alpha value is -0.380. The maximum atomic E-state index is 5.66. The molecular formula is C12H24N2O. The number of rotatable bonds is 7. The summed E-state index contributed by atoms with van der Waals surface area (Å²) in [6, 6.07) is 0. The summed E-state index contributed by atoms with van der Waals surface area (Å²) in [5.74, 6) is 0. The molecule has 1 N–H and O–H groups in total. The van der Waals surface area contributed by atoms with Crippen molar-refractivity contribution in [2.45, 2.75) is 25.9 Å². The average Bonchev–Trinajstić information content (AvgIpc) is 2.26. The summed E-state index contributed by atoms with van der Waals surface area (Å²) in [7, 11) is 0. The molecule has 0 radical (unpaired) electrons. The van der Waals surface area contributed by atoms with Crippen molar-refractivity contribution >= 4 is 0 Å². The largest absolute Gasteiger partial charge is 0.377 e. The quantitative estimate of drug-likeness (QED) is 0.508. The fraction of sp³-hybridized carbons (Fsp3) is 0.833. The van der Waals surface area contributed by atoms with Crippen LogP contribution in [-0.2, 0) is 4.74 Å². The van der Waals surface area contributed by atoms with Crippen LogP contribution >= 0.6 is 0 Å². The van der Waals surface area contributed by atoms with Crippen molar-refractivity contribution in [1.29, 1.82) is 0 Å². The van der Waals surface area contributed by atoms with Gasteiger partial charge in [0.2, 0.25) is 0 Å². The van der Waals surface area contributed by atoms with E-state index in [-0.39, 0.29) is 0 Å². The minimum Gasteiger partial charge on any atom is -0.377 e. The fourth-order valence-electron chi connectivity index (χ4n) is 2.03. The molecule has 1 unspecified atom stereocenters. The molecule has 15 heavy (non-hydrogen) atoms. The summed E-state index contributed by atoms with van der Waals surface area (Å²) in [6.07, 6.45) is 4.86. The highest BCUT2D eigenvalue weighted by molar-refractivity contribution is 4.75. The molecule has 0 aromatic heterocycles. The van der Waals surface area contributed by atoms with Gasteiger partial charge in [0.1, 0.15) is 0 Å². The highest BCUT2D eigenvalue weighted by Gasteiger charge is 2.18. The zero-order valence-corrected chi connectivity index (χ0v) is 9.87. The molecular weight excluding hydrogens is 188 g/mol. The van der Waals surface area contributed by atoms with Crippen molar-refractivity contribution in [2.75, 3.05) is 39.3 Å². The Labute approximate surface area is 93.5 Å². The molecule has 1 heterocycles. The Morgan fingerprint density at radius 2 is 2.47 bits per heavy atom. The lowest BCUT2D eigenvalue weighted by molar-refractivity contribution is 0.00642. The van der Waals surface area contributed by atoms with Gasteiger partial charge in [0.15, 0.2) is 0 Å². The number of likely N-dealkylation sites (tertiary alicyclic amines) is 1. The van der Waals surface area contributed by atoms with Gasteiger partial charge in [-0.2, -0.15) is 0 Å². The molecule has 1 fully saturated rings. The first-order valence-corrected chi connectivity index (χ1v) is 6.02. The Kier molecular flexibility index (Phi) is 6.64. The van der Waals surface area contributed by atoms with E-state index in [1.54, 1.807) is 0 Å². The van der Waals surface area contributed by atoms with Crippen LogP contribution in [0.5, 0.6) is 0 Å². The molecule has 0 bridgehead atoms. The van der Waals surface area contributed by atoms with Gasteiger partial charge in [0, 0.05) is 32.8 Å². The zero-order valence-electron chi connectivity index (χ0n) is 9.87. The first-order chi connectivity index (χ1) is 7.36. The lowest BCUT2D eigenvalue weighted by atomic mass is 10.1. The third-order valence-corrected chi connectivity index (χ3v) is 2.76. The molecule has 1 aliphatic rings. The van der Waals surface area contributed by atoms with Crippen molar-refractivity contribution in [1.82, 2.24) is 10.2 Å². The van der Waals surface area contributed by atoms with E-state index in [0.29, 0.717) is 6.10 Å². The molecule has 0 aliphatic carbocycles. The summed E-state index contributed by atoms with van der Waals surface area (Å²) >= 11 is 0. The lowest BCUT2D eigenvalue weighted by Crippen LogP contribution is -2.42. The van der Waals surface area contributed by atoms with Crippen molar-refractivity contribution in [3.63, 3.8) is 0 Å². The summed E-state index contributed by atoms with van der Waals surface area (Å²) in [5.41, 5.74) is 0. The smallest absolute Gasteiger partial charge is 0.0702 e. The summed E-state index contributed by atoms with van der Waals surface area (Å²) in [4.78, 5) is 2.49. The van der Waals surface area contributed by atoms with Gasteiger partial charge in [-0.3, -0.25) is 4.90 Å². The first kappa shape index (κ1) is 12.7. The molecule has 88 valence electrons. The molecule has 0 spiro atoms. The molecule has 3 heteroatoms. The van der Waals surface area contributed by atoms with E-state index >= 15 is 0 Å². The molecule has 1 atom stereocenters. The highest BCUT2D eigenvalue weighted by Crippen LogP contribution is 2.12. The topological polar surface area (TPSA) is 24.5 Å². The second-order valence-corrected chi connectivity index (χ2v) is 4.01. The predicted molar refractivity (Wildman–Crippen MR) is 64.2 cm³/mol. The van der Waals surface area contributed by atoms with Gasteiger partial charge in [-0.1, -0.05) is 6.08 Å². The van der Waals surface area contributed by atoms with Gasteiger partial charge in [-0.25, -0.2) is 0 Å². The van der Waals surface area contributed by atoms with E-state index in [1.807, 2.05) is 6.08 Å². The Balaban J connectivity index is 2.09. The predicted octanol–water partition coefficient (Wildman–Crippen LogP) is 1.26. The molecule has 0 aromatic rings. The number of hydrogen-bond donors (Lipinski definition) is 1. The van der Waals surface area contributed by atoms with E-state index in [4.69, 9.17) is 4.74 Å². The van der Waals surface area contributed by atoms with E-state index in [2.05, 4.69) is 23.7 Å². The van der Waals surface area contributed by atoms with Crippen LogP contribution in [0.3, 0.4) is 0 Å². The Bertz CT molecular complexity index is 171. The Morgan fingerprint density at radius 1 is 1.60 bits per heavy atom. The van der Waals surface area contributed by atoms with Crippen LogP contribution in [0, 0.1) is 0 Å². The van der Waals surface area contributed by atoms with E-state index in [9.17, 15) is 0 Å². The van der Waals surface area contributed by atoms with Gasteiger partial charge in [0.05, 0.1) is 6.10 Å². The fourth-order valence-corrected chi connectivity index (χ4v) is 2.03. The van der Waals surface area contributed by atoms with Crippen LogP contribution in [0.4, 0.5) is 0 Å². The maximum absolute atomic E-state index is 5.66. The number of ether oxygens (including phenoxy) is 1. The lowest BCUT2D eigenvalue weighted by Gasteiger charge is -2.32. The van der Waals surface area contributed by atoms with Crippen LogP contribution in [0.15, 0.2) is 12.7 Å². The van der Waals surface area contributed by atoms with Crippen LogP contribution in [0.1, 0.15) is 19.8 Å². The minimum atomic E-state index is 0.461. The molecule has 0 aromatic carbocycles. The number of piperidine rings is 1. The second-order valence-electron chi connectivity index (χ2n) is 4.01. The monoisotopic (exact) mass is 212 g/mol. The highest BCUT2D eigenvalue weighted by atomic mass is 16.5. The molecule has 1 aliphatic heterocycles. The molecule has 0 saturated carbocycles. The molecule has 0 amide bonds. The van der Waals surface area contributed by atoms with E-state index < -0.39 is 0 Å². The molecule has 1 saturated heterocycles. The SMILES string of the molecule is C=CCNCCN1CCCC(OCC)C1. The Morgan fingerprint density at radius 3 is 3.20 bits per heavy atom. The average molecular weight is 212 g/mol. The number of hydrogen-bond acceptors (Lipinski definition) is 3. The second kappa shape index (κ2) is 7.85.